The Bertz CT molecular complexity index is 543. The number of nitrogen functional groups attached to an aromatic ring is 1. The summed E-state index contributed by atoms with van der Waals surface area (Å²) < 4.78 is 0. The van der Waals surface area contributed by atoms with E-state index in [9.17, 15) is 4.79 Å². The Morgan fingerprint density at radius 1 is 1.38 bits per heavy atom. The highest BCUT2D eigenvalue weighted by Gasteiger charge is 2.18. The Kier molecular flexibility index (Phi) is 5.20. The molecule has 0 saturated heterocycles. The van der Waals surface area contributed by atoms with Crippen molar-refractivity contribution in [2.75, 3.05) is 12.3 Å². The van der Waals surface area contributed by atoms with Gasteiger partial charge in [0.25, 0.3) is 0 Å². The molecule has 0 amide bonds. The number of carbonyl (C=O) groups is 1. The van der Waals surface area contributed by atoms with Gasteiger partial charge in [-0.15, -0.1) is 0 Å². The third-order valence-corrected chi connectivity index (χ3v) is 3.87. The zero-order chi connectivity index (χ0) is 15.2. The van der Waals surface area contributed by atoms with Gasteiger partial charge >= 0.3 is 0 Å². The molecular formula is C18H24N2O. The lowest BCUT2D eigenvalue weighted by atomic mass is 9.97. The highest BCUT2D eigenvalue weighted by atomic mass is 16.1. The lowest BCUT2D eigenvalue weighted by Gasteiger charge is -2.14. The second kappa shape index (κ2) is 7.11. The molecule has 0 saturated carbocycles. The zero-order valence-electron chi connectivity index (χ0n) is 12.7. The molecule has 0 spiro atoms. The van der Waals surface area contributed by atoms with Crippen molar-refractivity contribution in [2.45, 2.75) is 32.6 Å². The van der Waals surface area contributed by atoms with Gasteiger partial charge in [0, 0.05) is 24.4 Å². The topological polar surface area (TPSA) is 55.1 Å². The monoisotopic (exact) mass is 284 g/mol. The Labute approximate surface area is 126 Å². The van der Waals surface area contributed by atoms with Crippen LogP contribution < -0.4 is 11.1 Å². The van der Waals surface area contributed by atoms with Crippen LogP contribution in [0.25, 0.3) is 5.57 Å². The number of carbonyl (C=O) groups excluding carboxylic acids is 1. The van der Waals surface area contributed by atoms with Gasteiger partial charge in [0.1, 0.15) is 5.78 Å². The summed E-state index contributed by atoms with van der Waals surface area (Å²) in [6.45, 7) is 6.37. The number of benzene rings is 1. The molecule has 112 valence electrons. The summed E-state index contributed by atoms with van der Waals surface area (Å²) in [6.07, 6.45) is 6.02. The van der Waals surface area contributed by atoms with Crippen LogP contribution in [0.3, 0.4) is 0 Å². The largest absolute Gasteiger partial charge is 0.399 e. The molecule has 1 aliphatic carbocycles. The smallest absolute Gasteiger partial charge is 0.131 e. The first-order valence-corrected chi connectivity index (χ1v) is 7.50. The zero-order valence-corrected chi connectivity index (χ0v) is 12.7. The van der Waals surface area contributed by atoms with Crippen molar-refractivity contribution in [2.24, 2.45) is 5.92 Å². The van der Waals surface area contributed by atoms with Crippen LogP contribution in [0.5, 0.6) is 0 Å². The van der Waals surface area contributed by atoms with Crippen LogP contribution in [0.1, 0.15) is 38.2 Å². The van der Waals surface area contributed by atoms with Crippen molar-refractivity contribution in [1.82, 2.24) is 5.32 Å². The number of rotatable bonds is 7. The first-order valence-electron chi connectivity index (χ1n) is 7.50. The molecule has 21 heavy (non-hydrogen) atoms. The van der Waals surface area contributed by atoms with Gasteiger partial charge in [-0.2, -0.15) is 0 Å². The maximum Gasteiger partial charge on any atom is 0.131 e. The predicted octanol–water partition coefficient (Wildman–Crippen LogP) is 3.53. The Morgan fingerprint density at radius 3 is 2.76 bits per heavy atom. The molecule has 0 aliphatic heterocycles. The molecule has 1 atom stereocenters. The number of nitrogens with two attached hydrogens (primary N) is 1. The summed E-state index contributed by atoms with van der Waals surface area (Å²) in [7, 11) is 0. The van der Waals surface area contributed by atoms with Crippen molar-refractivity contribution in [3.63, 3.8) is 0 Å². The number of anilines is 1. The summed E-state index contributed by atoms with van der Waals surface area (Å²) in [5, 5.41) is 3.25. The number of allylic oxidation sites excluding steroid dienone is 3. The average molecular weight is 284 g/mol. The van der Waals surface area contributed by atoms with Gasteiger partial charge in [0.15, 0.2) is 0 Å². The van der Waals surface area contributed by atoms with Crippen LogP contribution in [-0.2, 0) is 4.79 Å². The molecule has 0 aromatic heterocycles. The van der Waals surface area contributed by atoms with Crippen molar-refractivity contribution < 1.29 is 4.79 Å². The molecule has 0 radical (unpaired) electrons. The second-order valence-corrected chi connectivity index (χ2v) is 5.84. The number of Topliss-reactive ketones (excluding diaryl/α,β-unsaturated/α-hetero) is 1. The van der Waals surface area contributed by atoms with Crippen LogP contribution >= 0.6 is 0 Å². The molecule has 3 N–H and O–H groups in total. The van der Waals surface area contributed by atoms with E-state index >= 15 is 0 Å². The minimum absolute atomic E-state index is 0.212. The molecule has 2 rings (SSSR count). The maximum absolute atomic E-state index is 10.9. The molecule has 1 aliphatic rings. The quantitative estimate of drug-likeness (QED) is 0.753. The molecule has 3 nitrogen and oxygen atoms in total. The van der Waals surface area contributed by atoms with E-state index in [0.717, 1.165) is 30.6 Å². The fraction of sp³-hybridized carbons (Fsp3) is 0.389. The summed E-state index contributed by atoms with van der Waals surface area (Å²) in [6, 6.07) is 8.07. The summed E-state index contributed by atoms with van der Waals surface area (Å²) >= 11 is 0. The van der Waals surface area contributed by atoms with Gasteiger partial charge in [0.2, 0.25) is 0 Å². The molecule has 1 aromatic rings. The van der Waals surface area contributed by atoms with E-state index in [1.807, 2.05) is 12.1 Å². The van der Waals surface area contributed by atoms with Gasteiger partial charge in [-0.25, -0.2) is 0 Å². The first-order chi connectivity index (χ1) is 10.0. The second-order valence-electron chi connectivity index (χ2n) is 5.84. The summed E-state index contributed by atoms with van der Waals surface area (Å²) in [5.41, 5.74) is 10.2. The van der Waals surface area contributed by atoms with E-state index in [-0.39, 0.29) is 5.78 Å². The number of nitrogens with one attached hydrogen (secondary N) is 1. The van der Waals surface area contributed by atoms with E-state index in [4.69, 9.17) is 5.73 Å². The highest BCUT2D eigenvalue weighted by molar-refractivity contribution is 5.75. The molecule has 1 aromatic carbocycles. The highest BCUT2D eigenvalue weighted by Crippen LogP contribution is 2.35. The van der Waals surface area contributed by atoms with E-state index in [2.05, 4.69) is 30.1 Å². The van der Waals surface area contributed by atoms with E-state index < -0.39 is 0 Å². The minimum atomic E-state index is 0.212. The fourth-order valence-electron chi connectivity index (χ4n) is 2.71. The predicted molar refractivity (Wildman–Crippen MR) is 88.6 cm³/mol. The van der Waals surface area contributed by atoms with Gasteiger partial charge in [0.05, 0.1) is 0 Å². The molecule has 0 heterocycles. The Hall–Kier alpha value is -2.03. The van der Waals surface area contributed by atoms with Crippen molar-refractivity contribution in [3.05, 3.63) is 48.2 Å². The van der Waals surface area contributed by atoms with Crippen molar-refractivity contribution in [1.29, 1.82) is 0 Å². The summed E-state index contributed by atoms with van der Waals surface area (Å²) in [4.78, 5) is 10.9. The van der Waals surface area contributed by atoms with Gasteiger partial charge in [-0.3, -0.25) is 4.79 Å². The molecule has 3 heteroatoms. The van der Waals surface area contributed by atoms with Crippen LogP contribution in [0, 0.1) is 5.92 Å². The molecule has 1 unspecified atom stereocenters. The first kappa shape index (κ1) is 15.4. The van der Waals surface area contributed by atoms with Crippen LogP contribution in [0.15, 0.2) is 42.6 Å². The van der Waals surface area contributed by atoms with Gasteiger partial charge in [-0.05, 0) is 55.4 Å². The molecular weight excluding hydrogens is 260 g/mol. The lowest BCUT2D eigenvalue weighted by molar-refractivity contribution is -0.116. The van der Waals surface area contributed by atoms with E-state index in [1.165, 1.54) is 11.1 Å². The normalized spacial score (nSPS) is 17.4. The van der Waals surface area contributed by atoms with Crippen LogP contribution in [0.4, 0.5) is 5.69 Å². The van der Waals surface area contributed by atoms with Gasteiger partial charge in [-0.1, -0.05) is 24.8 Å². The minimum Gasteiger partial charge on any atom is -0.399 e. The van der Waals surface area contributed by atoms with Crippen molar-refractivity contribution >= 4 is 17.0 Å². The van der Waals surface area contributed by atoms with E-state index in [0.29, 0.717) is 18.9 Å². The molecule has 0 fully saturated rings. The van der Waals surface area contributed by atoms with Gasteiger partial charge < -0.3 is 11.1 Å². The SMILES string of the molecule is C=C(CC1CC=C(c2ccc(N)cc2)C1)NCCC(C)=O. The lowest BCUT2D eigenvalue weighted by Crippen LogP contribution is -2.17. The Balaban J connectivity index is 1.77. The van der Waals surface area contributed by atoms with Crippen molar-refractivity contribution in [3.8, 4) is 0 Å². The third-order valence-electron chi connectivity index (χ3n) is 3.87. The average Bonchev–Trinajstić information content (AvgIpc) is 2.87. The molecule has 0 bridgehead atoms. The van der Waals surface area contributed by atoms with Crippen LogP contribution in [-0.4, -0.2) is 12.3 Å². The fourth-order valence-corrected chi connectivity index (χ4v) is 2.71. The third kappa shape index (κ3) is 4.78. The maximum atomic E-state index is 10.9. The summed E-state index contributed by atoms with van der Waals surface area (Å²) in [5.74, 6) is 0.818. The number of hydrogen-bond donors (Lipinski definition) is 2. The standard InChI is InChI=1S/C18H24N2O/c1-13(20-10-9-14(2)21)11-15-3-4-17(12-15)16-5-7-18(19)8-6-16/h4-8,15,20H,1,3,9-12,19H2,2H3. The Morgan fingerprint density at radius 2 is 2.10 bits per heavy atom. The number of hydrogen-bond acceptors (Lipinski definition) is 3. The van der Waals surface area contributed by atoms with E-state index in [1.54, 1.807) is 6.92 Å². The number of ketones is 1. The van der Waals surface area contributed by atoms with Crippen LogP contribution in [0.2, 0.25) is 0 Å².